The molecule has 1 fully saturated rings. The summed E-state index contributed by atoms with van der Waals surface area (Å²) in [7, 11) is 0. The minimum atomic E-state index is -0.553. The van der Waals surface area contributed by atoms with Gasteiger partial charge in [0.05, 0.1) is 0 Å². The summed E-state index contributed by atoms with van der Waals surface area (Å²) in [5.74, 6) is -0.754. The van der Waals surface area contributed by atoms with Gasteiger partial charge in [-0.2, -0.15) is 0 Å². The zero-order valence-electron chi connectivity index (χ0n) is 15.3. The van der Waals surface area contributed by atoms with Gasteiger partial charge in [-0.3, -0.25) is 14.4 Å². The monoisotopic (exact) mass is 365 g/mol. The Balaban J connectivity index is 1.58. The summed E-state index contributed by atoms with van der Waals surface area (Å²) in [6.45, 7) is 3.02. The van der Waals surface area contributed by atoms with Crippen molar-refractivity contribution in [1.82, 2.24) is 10.2 Å². The largest absolute Gasteiger partial charge is 0.366 e. The highest BCUT2D eigenvalue weighted by molar-refractivity contribution is 5.99. The van der Waals surface area contributed by atoms with E-state index in [2.05, 4.69) is 5.32 Å². The van der Waals surface area contributed by atoms with E-state index in [4.69, 9.17) is 5.73 Å². The van der Waals surface area contributed by atoms with Crippen molar-refractivity contribution in [1.29, 1.82) is 0 Å². The smallest absolute Gasteiger partial charge is 0.253 e. The lowest BCUT2D eigenvalue weighted by Gasteiger charge is -2.32. The molecule has 0 aliphatic carbocycles. The van der Waals surface area contributed by atoms with Gasteiger partial charge in [0.1, 0.15) is 0 Å². The van der Waals surface area contributed by atoms with Gasteiger partial charge in [-0.15, -0.1) is 0 Å². The van der Waals surface area contributed by atoms with Gasteiger partial charge in [-0.1, -0.05) is 24.3 Å². The normalized spacial score (nSPS) is 14.6. The molecule has 0 bridgehead atoms. The minimum absolute atomic E-state index is 0.0399. The Morgan fingerprint density at radius 3 is 2.33 bits per heavy atom. The summed E-state index contributed by atoms with van der Waals surface area (Å²) in [6.07, 6.45) is 1.39. The van der Waals surface area contributed by atoms with E-state index in [1.165, 1.54) is 6.07 Å². The van der Waals surface area contributed by atoms with Crippen LogP contribution in [-0.2, 0) is 0 Å². The molecule has 6 nitrogen and oxygen atoms in total. The van der Waals surface area contributed by atoms with Crippen LogP contribution in [0.4, 0.5) is 0 Å². The maximum atomic E-state index is 12.7. The summed E-state index contributed by atoms with van der Waals surface area (Å²) in [5.41, 5.74) is 7.67. The molecule has 0 unspecified atom stereocenters. The van der Waals surface area contributed by atoms with Crippen LogP contribution in [0, 0.1) is 6.92 Å². The third-order valence-electron chi connectivity index (χ3n) is 4.90. The van der Waals surface area contributed by atoms with Crippen molar-refractivity contribution in [3.63, 3.8) is 0 Å². The average molecular weight is 365 g/mol. The van der Waals surface area contributed by atoms with Gasteiger partial charge in [0.15, 0.2) is 0 Å². The van der Waals surface area contributed by atoms with Crippen LogP contribution in [0.5, 0.6) is 0 Å². The molecule has 0 saturated carbocycles. The number of carbonyl (C=O) groups excluding carboxylic acids is 3. The van der Waals surface area contributed by atoms with E-state index < -0.39 is 5.91 Å². The van der Waals surface area contributed by atoms with Crippen molar-refractivity contribution < 1.29 is 14.4 Å². The van der Waals surface area contributed by atoms with Gasteiger partial charge in [-0.05, 0) is 49.6 Å². The number of nitrogens with one attached hydrogen (secondary N) is 1. The summed E-state index contributed by atoms with van der Waals surface area (Å²) in [6, 6.07) is 14.0. The molecule has 3 amide bonds. The third-order valence-corrected chi connectivity index (χ3v) is 4.90. The first-order valence-electron chi connectivity index (χ1n) is 9.01. The molecule has 0 spiro atoms. The Bertz CT molecular complexity index is 870. The van der Waals surface area contributed by atoms with Crippen LogP contribution in [0.3, 0.4) is 0 Å². The molecule has 140 valence electrons. The van der Waals surface area contributed by atoms with Crippen LogP contribution in [-0.4, -0.2) is 41.8 Å². The Labute approximate surface area is 158 Å². The quantitative estimate of drug-likeness (QED) is 0.869. The zero-order valence-corrected chi connectivity index (χ0v) is 15.3. The first-order chi connectivity index (χ1) is 13.0. The van der Waals surface area contributed by atoms with E-state index in [0.29, 0.717) is 42.6 Å². The molecule has 1 heterocycles. The van der Waals surface area contributed by atoms with Crippen LogP contribution >= 0.6 is 0 Å². The fourth-order valence-electron chi connectivity index (χ4n) is 3.31. The number of piperidine rings is 1. The van der Waals surface area contributed by atoms with E-state index in [0.717, 1.165) is 5.56 Å². The molecule has 0 aromatic heterocycles. The molecular formula is C21H23N3O3. The summed E-state index contributed by atoms with van der Waals surface area (Å²) >= 11 is 0. The van der Waals surface area contributed by atoms with Gasteiger partial charge in [0.25, 0.3) is 11.8 Å². The number of benzene rings is 2. The number of nitrogens with two attached hydrogens (primary N) is 1. The zero-order chi connectivity index (χ0) is 19.4. The van der Waals surface area contributed by atoms with Crippen LogP contribution in [0.1, 0.15) is 49.5 Å². The molecule has 6 heteroatoms. The molecule has 0 atom stereocenters. The molecule has 2 aromatic rings. The van der Waals surface area contributed by atoms with E-state index >= 15 is 0 Å². The van der Waals surface area contributed by atoms with Crippen LogP contribution in [0.15, 0.2) is 48.5 Å². The second-order valence-electron chi connectivity index (χ2n) is 6.80. The van der Waals surface area contributed by atoms with Crippen molar-refractivity contribution in [3.05, 3.63) is 70.8 Å². The second-order valence-corrected chi connectivity index (χ2v) is 6.80. The van der Waals surface area contributed by atoms with Gasteiger partial charge < -0.3 is 16.0 Å². The molecule has 3 N–H and O–H groups in total. The highest BCUT2D eigenvalue weighted by Crippen LogP contribution is 2.16. The van der Waals surface area contributed by atoms with E-state index in [1.54, 1.807) is 23.1 Å². The number of hydrogen-bond donors (Lipinski definition) is 2. The lowest BCUT2D eigenvalue weighted by Crippen LogP contribution is -2.46. The first kappa shape index (κ1) is 18.6. The van der Waals surface area contributed by atoms with E-state index in [1.807, 2.05) is 31.2 Å². The van der Waals surface area contributed by atoms with E-state index in [-0.39, 0.29) is 17.9 Å². The molecule has 27 heavy (non-hydrogen) atoms. The Hall–Kier alpha value is -3.15. The molecule has 1 saturated heterocycles. The molecule has 1 aliphatic heterocycles. The summed E-state index contributed by atoms with van der Waals surface area (Å²) < 4.78 is 0. The Kier molecular flexibility index (Phi) is 5.54. The predicted octanol–water partition coefficient (Wildman–Crippen LogP) is 2.13. The van der Waals surface area contributed by atoms with Crippen LogP contribution < -0.4 is 11.1 Å². The fraction of sp³-hybridized carbons (Fsp3) is 0.286. The number of likely N-dealkylation sites (tertiary alicyclic amines) is 1. The first-order valence-corrected chi connectivity index (χ1v) is 9.01. The van der Waals surface area contributed by atoms with Crippen LogP contribution in [0.25, 0.3) is 0 Å². The maximum absolute atomic E-state index is 12.7. The van der Waals surface area contributed by atoms with E-state index in [9.17, 15) is 14.4 Å². The van der Waals surface area contributed by atoms with Crippen LogP contribution in [0.2, 0.25) is 0 Å². The number of primary amides is 1. The molecular weight excluding hydrogens is 342 g/mol. The van der Waals surface area contributed by atoms with Gasteiger partial charge in [0, 0.05) is 35.8 Å². The molecule has 0 radical (unpaired) electrons. The van der Waals surface area contributed by atoms with Gasteiger partial charge in [-0.25, -0.2) is 0 Å². The van der Waals surface area contributed by atoms with Crippen molar-refractivity contribution in [3.8, 4) is 0 Å². The van der Waals surface area contributed by atoms with Gasteiger partial charge >= 0.3 is 0 Å². The number of amides is 3. The topological polar surface area (TPSA) is 92.5 Å². The second kappa shape index (κ2) is 8.03. The van der Waals surface area contributed by atoms with Crippen molar-refractivity contribution in [2.75, 3.05) is 13.1 Å². The predicted molar refractivity (Wildman–Crippen MR) is 103 cm³/mol. The number of nitrogens with zero attached hydrogens (tertiary/aromatic N) is 1. The number of aryl methyl sites for hydroxylation is 1. The summed E-state index contributed by atoms with van der Waals surface area (Å²) in [5, 5.41) is 3.06. The number of hydrogen-bond acceptors (Lipinski definition) is 3. The Morgan fingerprint density at radius 1 is 1.00 bits per heavy atom. The fourth-order valence-corrected chi connectivity index (χ4v) is 3.31. The minimum Gasteiger partial charge on any atom is -0.366 e. The third kappa shape index (κ3) is 4.34. The molecule has 2 aromatic carbocycles. The lowest BCUT2D eigenvalue weighted by atomic mass is 10.0. The summed E-state index contributed by atoms with van der Waals surface area (Å²) in [4.78, 5) is 38.1. The Morgan fingerprint density at radius 2 is 1.67 bits per heavy atom. The highest BCUT2D eigenvalue weighted by atomic mass is 16.2. The SMILES string of the molecule is Cc1ccccc1C(=O)NC1CCN(C(=O)c2cccc(C(N)=O)c2)CC1. The van der Waals surface area contributed by atoms with Crippen molar-refractivity contribution >= 4 is 17.7 Å². The number of carbonyl (C=O) groups is 3. The maximum Gasteiger partial charge on any atom is 0.253 e. The number of rotatable bonds is 4. The van der Waals surface area contributed by atoms with Gasteiger partial charge in [0.2, 0.25) is 5.91 Å². The molecule has 1 aliphatic rings. The highest BCUT2D eigenvalue weighted by Gasteiger charge is 2.25. The lowest BCUT2D eigenvalue weighted by molar-refractivity contribution is 0.0698. The standard InChI is InChI=1S/C21H23N3O3/c1-14-5-2-3-8-18(14)20(26)23-17-9-11-24(12-10-17)21(27)16-7-4-6-15(13-16)19(22)25/h2-8,13,17H,9-12H2,1H3,(H2,22,25)(H,23,26). The van der Waals surface area contributed by atoms with Crippen molar-refractivity contribution in [2.24, 2.45) is 5.73 Å². The average Bonchev–Trinajstić information content (AvgIpc) is 2.68. The van der Waals surface area contributed by atoms with Crippen molar-refractivity contribution in [2.45, 2.75) is 25.8 Å². The molecule has 3 rings (SSSR count).